The number of rotatable bonds is 6. The molecule has 0 spiro atoms. The van der Waals surface area contributed by atoms with Gasteiger partial charge >= 0.3 is 0 Å². The molecule has 1 aliphatic rings. The van der Waals surface area contributed by atoms with E-state index in [1.54, 1.807) is 0 Å². The van der Waals surface area contributed by atoms with Crippen molar-refractivity contribution < 1.29 is 9.84 Å². The van der Waals surface area contributed by atoms with Gasteiger partial charge in [0.15, 0.2) is 0 Å². The molecule has 0 radical (unpaired) electrons. The van der Waals surface area contributed by atoms with Gasteiger partial charge in [-0.1, -0.05) is 6.92 Å². The van der Waals surface area contributed by atoms with Crippen LogP contribution in [0.5, 0.6) is 0 Å². The zero-order valence-electron chi connectivity index (χ0n) is 10.6. The van der Waals surface area contributed by atoms with Crippen molar-refractivity contribution in [2.24, 2.45) is 5.73 Å². The first kappa shape index (κ1) is 13.9. The average molecular weight is 230 g/mol. The van der Waals surface area contributed by atoms with Gasteiger partial charge in [0.2, 0.25) is 0 Å². The summed E-state index contributed by atoms with van der Waals surface area (Å²) < 4.78 is 5.49. The molecule has 1 heterocycles. The summed E-state index contributed by atoms with van der Waals surface area (Å²) in [4.78, 5) is 2.40. The van der Waals surface area contributed by atoms with E-state index in [0.717, 1.165) is 45.5 Å². The predicted octanol–water partition coefficient (Wildman–Crippen LogP) is 0.587. The Kier molecular flexibility index (Phi) is 5.69. The lowest BCUT2D eigenvalue weighted by Gasteiger charge is -2.32. The standard InChI is InChI=1S/C12H26N2O2/c1-3-12(15,10-13)5-4-6-14-7-8-16-11(2)9-14/h11,15H,3-10,13H2,1-2H3. The molecule has 0 amide bonds. The molecule has 16 heavy (non-hydrogen) atoms. The van der Waals surface area contributed by atoms with Gasteiger partial charge in [0.1, 0.15) is 0 Å². The molecule has 2 unspecified atom stereocenters. The Morgan fingerprint density at radius 3 is 2.88 bits per heavy atom. The second-order valence-corrected chi connectivity index (χ2v) is 4.87. The normalized spacial score (nSPS) is 26.6. The van der Waals surface area contributed by atoms with E-state index in [-0.39, 0.29) is 0 Å². The van der Waals surface area contributed by atoms with Crippen LogP contribution in [0.1, 0.15) is 33.1 Å². The molecule has 0 saturated carbocycles. The van der Waals surface area contributed by atoms with E-state index in [1.807, 2.05) is 6.92 Å². The van der Waals surface area contributed by atoms with Gasteiger partial charge in [-0.25, -0.2) is 0 Å². The van der Waals surface area contributed by atoms with Crippen molar-refractivity contribution in [1.29, 1.82) is 0 Å². The van der Waals surface area contributed by atoms with Gasteiger partial charge < -0.3 is 15.6 Å². The third-order valence-electron chi connectivity index (χ3n) is 3.48. The van der Waals surface area contributed by atoms with Crippen LogP contribution in [-0.4, -0.2) is 54.5 Å². The van der Waals surface area contributed by atoms with Gasteiger partial charge in [0.25, 0.3) is 0 Å². The van der Waals surface area contributed by atoms with Crippen LogP contribution in [0.3, 0.4) is 0 Å². The summed E-state index contributed by atoms with van der Waals surface area (Å²) >= 11 is 0. The molecular formula is C12H26N2O2. The lowest BCUT2D eigenvalue weighted by Crippen LogP contribution is -2.42. The number of nitrogens with zero attached hydrogens (tertiary/aromatic N) is 1. The Labute approximate surface area is 98.8 Å². The topological polar surface area (TPSA) is 58.7 Å². The van der Waals surface area contributed by atoms with Crippen LogP contribution in [-0.2, 0) is 4.74 Å². The van der Waals surface area contributed by atoms with Crippen LogP contribution in [0.4, 0.5) is 0 Å². The van der Waals surface area contributed by atoms with Crippen LogP contribution in [0.15, 0.2) is 0 Å². The summed E-state index contributed by atoms with van der Waals surface area (Å²) in [6, 6.07) is 0. The van der Waals surface area contributed by atoms with Crippen LogP contribution in [0, 0.1) is 0 Å². The second-order valence-electron chi connectivity index (χ2n) is 4.87. The van der Waals surface area contributed by atoms with Crippen LogP contribution in [0.2, 0.25) is 0 Å². The van der Waals surface area contributed by atoms with Gasteiger partial charge in [-0.05, 0) is 32.7 Å². The minimum atomic E-state index is -0.655. The summed E-state index contributed by atoms with van der Waals surface area (Å²) in [7, 11) is 0. The number of nitrogens with two attached hydrogens (primary N) is 1. The molecule has 0 aromatic rings. The SMILES string of the molecule is CCC(O)(CN)CCCN1CCOC(C)C1. The fourth-order valence-corrected chi connectivity index (χ4v) is 2.15. The Morgan fingerprint density at radius 2 is 2.31 bits per heavy atom. The van der Waals surface area contributed by atoms with Gasteiger partial charge in [-0.15, -0.1) is 0 Å². The van der Waals surface area contributed by atoms with Gasteiger partial charge in [0, 0.05) is 19.6 Å². The average Bonchev–Trinajstić information content (AvgIpc) is 2.29. The molecular weight excluding hydrogens is 204 g/mol. The number of morpholine rings is 1. The maximum Gasteiger partial charge on any atom is 0.0767 e. The fraction of sp³-hybridized carbons (Fsp3) is 1.00. The first-order valence-electron chi connectivity index (χ1n) is 6.36. The first-order chi connectivity index (χ1) is 7.59. The first-order valence-corrected chi connectivity index (χ1v) is 6.36. The molecule has 0 aliphatic carbocycles. The number of hydrogen-bond donors (Lipinski definition) is 2. The van der Waals surface area contributed by atoms with Gasteiger partial charge in [-0.2, -0.15) is 0 Å². The molecule has 96 valence electrons. The van der Waals surface area contributed by atoms with Crippen molar-refractivity contribution in [3.8, 4) is 0 Å². The van der Waals surface area contributed by atoms with Crippen LogP contribution < -0.4 is 5.73 Å². The lowest BCUT2D eigenvalue weighted by molar-refractivity contribution is -0.0225. The Hall–Kier alpha value is -0.160. The number of aliphatic hydroxyl groups is 1. The Bertz CT molecular complexity index is 195. The van der Waals surface area contributed by atoms with Crippen molar-refractivity contribution in [2.45, 2.75) is 44.8 Å². The number of hydrogen-bond acceptors (Lipinski definition) is 4. The quantitative estimate of drug-likeness (QED) is 0.701. The maximum absolute atomic E-state index is 10.0. The molecule has 1 rings (SSSR count). The molecule has 0 aromatic heterocycles. The monoisotopic (exact) mass is 230 g/mol. The van der Waals surface area contributed by atoms with Crippen molar-refractivity contribution in [2.75, 3.05) is 32.8 Å². The van der Waals surface area contributed by atoms with Crippen LogP contribution in [0.25, 0.3) is 0 Å². The highest BCUT2D eigenvalue weighted by atomic mass is 16.5. The highest BCUT2D eigenvalue weighted by molar-refractivity contribution is 4.78. The fourth-order valence-electron chi connectivity index (χ4n) is 2.15. The summed E-state index contributed by atoms with van der Waals surface area (Å²) in [5, 5.41) is 10.0. The molecule has 0 bridgehead atoms. The summed E-state index contributed by atoms with van der Waals surface area (Å²) in [5.41, 5.74) is 4.92. The van der Waals surface area contributed by atoms with Gasteiger partial charge in [0.05, 0.1) is 18.3 Å². The van der Waals surface area contributed by atoms with E-state index in [2.05, 4.69) is 11.8 Å². The van der Waals surface area contributed by atoms with Crippen LogP contribution >= 0.6 is 0 Å². The minimum absolute atomic E-state index is 0.341. The van der Waals surface area contributed by atoms with Crippen molar-refractivity contribution in [1.82, 2.24) is 4.90 Å². The van der Waals surface area contributed by atoms with E-state index in [0.29, 0.717) is 12.6 Å². The van der Waals surface area contributed by atoms with E-state index >= 15 is 0 Å². The summed E-state index contributed by atoms with van der Waals surface area (Å²) in [6.45, 7) is 8.35. The third-order valence-corrected chi connectivity index (χ3v) is 3.48. The smallest absolute Gasteiger partial charge is 0.0767 e. The zero-order chi connectivity index (χ0) is 12.0. The molecule has 3 N–H and O–H groups in total. The zero-order valence-corrected chi connectivity index (χ0v) is 10.6. The lowest BCUT2D eigenvalue weighted by atomic mass is 9.95. The third kappa shape index (κ3) is 4.37. The van der Waals surface area contributed by atoms with E-state index in [9.17, 15) is 5.11 Å². The maximum atomic E-state index is 10.0. The molecule has 1 aliphatic heterocycles. The largest absolute Gasteiger partial charge is 0.389 e. The Balaban J connectivity index is 2.19. The minimum Gasteiger partial charge on any atom is -0.389 e. The molecule has 0 aromatic carbocycles. The molecule has 1 saturated heterocycles. The van der Waals surface area contributed by atoms with Gasteiger partial charge in [-0.3, -0.25) is 4.90 Å². The highest BCUT2D eigenvalue weighted by Crippen LogP contribution is 2.16. The molecule has 2 atom stereocenters. The second kappa shape index (κ2) is 6.55. The molecule has 4 heteroatoms. The predicted molar refractivity (Wildman–Crippen MR) is 65.4 cm³/mol. The highest BCUT2D eigenvalue weighted by Gasteiger charge is 2.23. The summed E-state index contributed by atoms with van der Waals surface area (Å²) in [6.07, 6.45) is 2.89. The Morgan fingerprint density at radius 1 is 1.56 bits per heavy atom. The molecule has 1 fully saturated rings. The molecule has 4 nitrogen and oxygen atoms in total. The van der Waals surface area contributed by atoms with E-state index in [4.69, 9.17) is 10.5 Å². The van der Waals surface area contributed by atoms with Crippen molar-refractivity contribution in [3.05, 3.63) is 0 Å². The number of ether oxygens (including phenoxy) is 1. The van der Waals surface area contributed by atoms with E-state index in [1.165, 1.54) is 0 Å². The van der Waals surface area contributed by atoms with E-state index < -0.39 is 5.60 Å². The van der Waals surface area contributed by atoms with Crippen molar-refractivity contribution in [3.63, 3.8) is 0 Å². The summed E-state index contributed by atoms with van der Waals surface area (Å²) in [5.74, 6) is 0. The van der Waals surface area contributed by atoms with Crippen molar-refractivity contribution >= 4 is 0 Å².